The second-order valence-electron chi connectivity index (χ2n) is 7.57. The average Bonchev–Trinajstić information content (AvgIpc) is 2.59. The van der Waals surface area contributed by atoms with Gasteiger partial charge in [-0.3, -0.25) is 9.59 Å². The quantitative estimate of drug-likeness (QED) is 0.703. The van der Waals surface area contributed by atoms with E-state index in [1.165, 1.54) is 4.90 Å². The third-order valence-electron chi connectivity index (χ3n) is 4.17. The maximum atomic E-state index is 12.4. The lowest BCUT2D eigenvalue weighted by molar-refractivity contribution is -0.896. The fraction of sp³-hybridized carbons (Fsp3) is 0.579. The van der Waals surface area contributed by atoms with Crippen LogP contribution < -0.4 is 15.0 Å². The van der Waals surface area contributed by atoms with Crippen molar-refractivity contribution >= 4 is 23.6 Å². The first-order valence-corrected chi connectivity index (χ1v) is 9.94. The second kappa shape index (κ2) is 9.28. The molecule has 1 aromatic rings. The molecule has 2 amide bonds. The van der Waals surface area contributed by atoms with Crippen molar-refractivity contribution in [1.29, 1.82) is 0 Å². The number of amides is 2. The van der Waals surface area contributed by atoms with Crippen LogP contribution in [0.5, 0.6) is 5.75 Å². The van der Waals surface area contributed by atoms with E-state index in [4.69, 9.17) is 4.74 Å². The van der Waals surface area contributed by atoms with Crippen molar-refractivity contribution in [2.75, 3.05) is 45.6 Å². The van der Waals surface area contributed by atoms with E-state index in [0.717, 1.165) is 23.7 Å². The average molecular weight is 381 g/mol. The summed E-state index contributed by atoms with van der Waals surface area (Å²) in [5, 5.41) is 2.99. The van der Waals surface area contributed by atoms with Crippen LogP contribution in [0.4, 0.5) is 0 Å². The predicted octanol–water partition coefficient (Wildman–Crippen LogP) is 0.429. The molecule has 1 heterocycles. The minimum atomic E-state index is -0.201. The van der Waals surface area contributed by atoms with Crippen LogP contribution in [0.3, 0.4) is 0 Å². The molecular weight excluding hydrogens is 350 g/mol. The van der Waals surface area contributed by atoms with Gasteiger partial charge in [-0.15, -0.1) is 11.8 Å². The van der Waals surface area contributed by atoms with Crippen molar-refractivity contribution in [3.05, 3.63) is 24.3 Å². The number of nitrogens with one attached hydrogen (secondary N) is 2. The fourth-order valence-electron chi connectivity index (χ4n) is 2.85. The number of carbonyl (C=O) groups excluding carboxylic acids is 2. The van der Waals surface area contributed by atoms with Gasteiger partial charge >= 0.3 is 0 Å². The van der Waals surface area contributed by atoms with Gasteiger partial charge in [-0.25, -0.2) is 0 Å². The first-order valence-electron chi connectivity index (χ1n) is 8.96. The minimum Gasteiger partial charge on any atom is -0.497 e. The van der Waals surface area contributed by atoms with Crippen molar-refractivity contribution in [3.63, 3.8) is 0 Å². The molecule has 0 spiro atoms. The highest BCUT2D eigenvalue weighted by atomic mass is 32.2. The number of methoxy groups -OCH3 is 1. The van der Waals surface area contributed by atoms with E-state index in [0.29, 0.717) is 25.4 Å². The molecule has 1 aliphatic rings. The molecule has 0 unspecified atom stereocenters. The van der Waals surface area contributed by atoms with Gasteiger partial charge in [0.25, 0.3) is 5.91 Å². The standard InChI is InChI=1S/C19H29N3O3S/c1-19(2,3)20-17(23)13-21-9-11-22(12-10-21)18(24)14-26-16-7-5-15(25-4)6-8-16/h5-8H,9-14H2,1-4H3,(H,20,23)/p+1. The van der Waals surface area contributed by atoms with Crippen molar-refractivity contribution < 1.29 is 19.2 Å². The summed E-state index contributed by atoms with van der Waals surface area (Å²) in [6.07, 6.45) is 0. The SMILES string of the molecule is COc1ccc(SCC(=O)N2CC[NH+](CC(=O)NC(C)(C)C)CC2)cc1. The Morgan fingerprint density at radius 3 is 2.35 bits per heavy atom. The van der Waals surface area contributed by atoms with Gasteiger partial charge in [0.1, 0.15) is 5.75 Å². The van der Waals surface area contributed by atoms with Gasteiger partial charge in [0.2, 0.25) is 5.91 Å². The third kappa shape index (κ3) is 6.88. The number of benzene rings is 1. The first kappa shape index (κ1) is 20.6. The number of piperazine rings is 1. The number of nitrogens with zero attached hydrogens (tertiary/aromatic N) is 1. The molecule has 0 aromatic heterocycles. The molecule has 26 heavy (non-hydrogen) atoms. The largest absolute Gasteiger partial charge is 0.497 e. The number of hydrogen-bond donors (Lipinski definition) is 2. The third-order valence-corrected chi connectivity index (χ3v) is 5.17. The molecule has 0 bridgehead atoms. The summed E-state index contributed by atoms with van der Waals surface area (Å²) in [7, 11) is 1.64. The Bertz CT molecular complexity index is 605. The molecule has 0 radical (unpaired) electrons. The normalized spacial score (nSPS) is 15.6. The number of quaternary nitrogens is 1. The highest BCUT2D eigenvalue weighted by Gasteiger charge is 2.26. The molecule has 1 aliphatic heterocycles. The number of carbonyl (C=O) groups is 2. The van der Waals surface area contributed by atoms with Crippen LogP contribution in [-0.2, 0) is 9.59 Å². The maximum absolute atomic E-state index is 12.4. The molecule has 1 saturated heterocycles. The molecular formula is C19H30N3O3S+. The van der Waals surface area contributed by atoms with Gasteiger partial charge in [-0.1, -0.05) is 0 Å². The Morgan fingerprint density at radius 1 is 1.19 bits per heavy atom. The van der Waals surface area contributed by atoms with E-state index in [2.05, 4.69) is 5.32 Å². The van der Waals surface area contributed by atoms with E-state index in [1.807, 2.05) is 49.9 Å². The van der Waals surface area contributed by atoms with Crippen LogP contribution >= 0.6 is 11.8 Å². The van der Waals surface area contributed by atoms with Crippen LogP contribution in [0, 0.1) is 0 Å². The molecule has 1 fully saturated rings. The molecule has 7 heteroatoms. The zero-order valence-electron chi connectivity index (χ0n) is 16.1. The minimum absolute atomic E-state index is 0.0716. The summed E-state index contributed by atoms with van der Waals surface area (Å²) in [5.41, 5.74) is -0.201. The van der Waals surface area contributed by atoms with E-state index < -0.39 is 0 Å². The zero-order chi connectivity index (χ0) is 19.2. The van der Waals surface area contributed by atoms with Crippen LogP contribution in [0.2, 0.25) is 0 Å². The molecule has 2 rings (SSSR count). The van der Waals surface area contributed by atoms with E-state index >= 15 is 0 Å². The Morgan fingerprint density at radius 2 is 1.81 bits per heavy atom. The fourth-order valence-corrected chi connectivity index (χ4v) is 3.65. The molecule has 0 aliphatic carbocycles. The number of rotatable bonds is 6. The first-order chi connectivity index (χ1) is 12.3. The summed E-state index contributed by atoms with van der Waals surface area (Å²) in [5.74, 6) is 1.48. The van der Waals surface area contributed by atoms with Crippen LogP contribution in [0.25, 0.3) is 0 Å². The smallest absolute Gasteiger partial charge is 0.275 e. The van der Waals surface area contributed by atoms with E-state index in [-0.39, 0.29) is 17.4 Å². The van der Waals surface area contributed by atoms with Gasteiger partial charge in [-0.2, -0.15) is 0 Å². The summed E-state index contributed by atoms with van der Waals surface area (Å²) in [4.78, 5) is 28.6. The summed E-state index contributed by atoms with van der Waals surface area (Å²) in [6.45, 7) is 9.47. The van der Waals surface area contributed by atoms with Crippen molar-refractivity contribution in [2.45, 2.75) is 31.2 Å². The monoisotopic (exact) mass is 380 g/mol. The van der Waals surface area contributed by atoms with Crippen LogP contribution in [0.15, 0.2) is 29.2 Å². The number of ether oxygens (including phenoxy) is 1. The zero-order valence-corrected chi connectivity index (χ0v) is 16.9. The van der Waals surface area contributed by atoms with Crippen molar-refractivity contribution in [3.8, 4) is 5.75 Å². The number of thioether (sulfide) groups is 1. The predicted molar refractivity (Wildman–Crippen MR) is 104 cm³/mol. The molecule has 144 valence electrons. The molecule has 2 N–H and O–H groups in total. The Kier molecular flexibility index (Phi) is 7.34. The van der Waals surface area contributed by atoms with Crippen LogP contribution in [-0.4, -0.2) is 67.8 Å². The van der Waals surface area contributed by atoms with Gasteiger partial charge in [0, 0.05) is 10.4 Å². The Labute approximate surface area is 160 Å². The van der Waals surface area contributed by atoms with E-state index in [9.17, 15) is 9.59 Å². The highest BCUT2D eigenvalue weighted by Crippen LogP contribution is 2.21. The lowest BCUT2D eigenvalue weighted by Gasteiger charge is -2.32. The maximum Gasteiger partial charge on any atom is 0.275 e. The summed E-state index contributed by atoms with van der Waals surface area (Å²) >= 11 is 1.54. The Balaban J connectivity index is 1.71. The summed E-state index contributed by atoms with van der Waals surface area (Å²) < 4.78 is 5.14. The molecule has 1 aromatic carbocycles. The van der Waals surface area contributed by atoms with Crippen LogP contribution in [0.1, 0.15) is 20.8 Å². The van der Waals surface area contributed by atoms with Gasteiger partial charge in [-0.05, 0) is 45.0 Å². The summed E-state index contributed by atoms with van der Waals surface area (Å²) in [6, 6.07) is 7.73. The van der Waals surface area contributed by atoms with Crippen molar-refractivity contribution in [2.24, 2.45) is 0 Å². The lowest BCUT2D eigenvalue weighted by Crippen LogP contribution is -3.16. The van der Waals surface area contributed by atoms with Gasteiger partial charge in [0.05, 0.1) is 39.0 Å². The Hall–Kier alpha value is -1.73. The van der Waals surface area contributed by atoms with E-state index in [1.54, 1.807) is 18.9 Å². The lowest BCUT2D eigenvalue weighted by atomic mass is 10.1. The molecule has 0 saturated carbocycles. The molecule has 0 atom stereocenters. The van der Waals surface area contributed by atoms with Gasteiger partial charge in [0.15, 0.2) is 6.54 Å². The molecule has 6 nitrogen and oxygen atoms in total. The second-order valence-corrected chi connectivity index (χ2v) is 8.62. The topological polar surface area (TPSA) is 63.1 Å². The highest BCUT2D eigenvalue weighted by molar-refractivity contribution is 8.00. The van der Waals surface area contributed by atoms with Gasteiger partial charge < -0.3 is 19.9 Å². The van der Waals surface area contributed by atoms with Crippen molar-refractivity contribution in [1.82, 2.24) is 10.2 Å². The number of hydrogen-bond acceptors (Lipinski definition) is 4.